The molecule has 2 aromatic carbocycles. The van der Waals surface area contributed by atoms with Gasteiger partial charge in [0.1, 0.15) is 18.2 Å². The van der Waals surface area contributed by atoms with E-state index in [9.17, 15) is 4.39 Å². The fraction of sp³-hybridized carbons (Fsp3) is 0.368. The van der Waals surface area contributed by atoms with E-state index < -0.39 is 18.3 Å². The van der Waals surface area contributed by atoms with E-state index in [0.717, 1.165) is 5.56 Å². The van der Waals surface area contributed by atoms with Crippen molar-refractivity contribution >= 4 is 12.6 Å². The van der Waals surface area contributed by atoms with Gasteiger partial charge in [0.05, 0.1) is 11.2 Å². The first-order valence-electron chi connectivity index (χ1n) is 8.10. The van der Waals surface area contributed by atoms with E-state index in [1.54, 1.807) is 6.07 Å². The molecular formula is C19H22BFO3. The minimum atomic E-state index is -0.607. The zero-order chi connectivity index (χ0) is 17.4. The molecule has 0 spiro atoms. The Bertz CT molecular complexity index is 700. The Morgan fingerprint density at radius 3 is 2.21 bits per heavy atom. The van der Waals surface area contributed by atoms with Crippen LogP contribution in [0.4, 0.5) is 4.39 Å². The van der Waals surface area contributed by atoms with Gasteiger partial charge in [-0.3, -0.25) is 0 Å². The van der Waals surface area contributed by atoms with E-state index in [4.69, 9.17) is 14.0 Å². The number of benzene rings is 2. The number of hydrogen-bond donors (Lipinski definition) is 0. The van der Waals surface area contributed by atoms with Crippen LogP contribution >= 0.6 is 0 Å². The van der Waals surface area contributed by atoms with E-state index in [1.807, 2.05) is 58.0 Å². The van der Waals surface area contributed by atoms with Gasteiger partial charge in [0.2, 0.25) is 0 Å². The molecule has 1 saturated heterocycles. The molecule has 1 aliphatic heterocycles. The Morgan fingerprint density at radius 1 is 0.958 bits per heavy atom. The largest absolute Gasteiger partial charge is 0.495 e. The van der Waals surface area contributed by atoms with Gasteiger partial charge >= 0.3 is 7.12 Å². The summed E-state index contributed by atoms with van der Waals surface area (Å²) in [5.74, 6) is 0.0915. The molecule has 0 amide bonds. The molecule has 0 radical (unpaired) electrons. The molecule has 0 bridgehead atoms. The molecule has 1 aliphatic rings. The SMILES string of the molecule is CC1(C)OB(c2cc(F)cc(OCc3ccccc3)c2)OC1(C)C. The maximum absolute atomic E-state index is 14.0. The van der Waals surface area contributed by atoms with Crippen LogP contribution in [-0.2, 0) is 15.9 Å². The summed E-state index contributed by atoms with van der Waals surface area (Å²) in [5, 5.41) is 0. The van der Waals surface area contributed by atoms with Crippen LogP contribution in [0.3, 0.4) is 0 Å². The van der Waals surface area contributed by atoms with Gasteiger partial charge in [-0.2, -0.15) is 0 Å². The van der Waals surface area contributed by atoms with Gasteiger partial charge in [-0.1, -0.05) is 30.3 Å². The Hall–Kier alpha value is -1.85. The highest BCUT2D eigenvalue weighted by Gasteiger charge is 2.51. The molecule has 2 aromatic rings. The fourth-order valence-electron chi connectivity index (χ4n) is 2.52. The van der Waals surface area contributed by atoms with Crippen molar-refractivity contribution < 1.29 is 18.4 Å². The average Bonchev–Trinajstić information content (AvgIpc) is 2.74. The van der Waals surface area contributed by atoms with Gasteiger partial charge in [-0.05, 0) is 50.9 Å². The monoisotopic (exact) mass is 328 g/mol. The van der Waals surface area contributed by atoms with Crippen molar-refractivity contribution in [2.75, 3.05) is 0 Å². The zero-order valence-electron chi connectivity index (χ0n) is 14.5. The van der Waals surface area contributed by atoms with Crippen molar-refractivity contribution in [1.29, 1.82) is 0 Å². The van der Waals surface area contributed by atoms with Crippen molar-refractivity contribution in [1.82, 2.24) is 0 Å². The smallest absolute Gasteiger partial charge is 0.489 e. The van der Waals surface area contributed by atoms with Crippen LogP contribution in [0.5, 0.6) is 5.75 Å². The van der Waals surface area contributed by atoms with Crippen LogP contribution in [0.15, 0.2) is 48.5 Å². The van der Waals surface area contributed by atoms with Crippen LogP contribution in [0.1, 0.15) is 33.3 Å². The molecule has 3 rings (SSSR count). The Morgan fingerprint density at radius 2 is 1.58 bits per heavy atom. The third-order valence-electron chi connectivity index (χ3n) is 4.67. The summed E-state index contributed by atoms with van der Waals surface area (Å²) < 4.78 is 31.7. The molecule has 3 nitrogen and oxygen atoms in total. The highest BCUT2D eigenvalue weighted by atomic mass is 19.1. The molecule has 0 N–H and O–H groups in total. The summed E-state index contributed by atoms with van der Waals surface area (Å²) in [7, 11) is -0.607. The zero-order valence-corrected chi connectivity index (χ0v) is 14.5. The normalized spacial score (nSPS) is 18.6. The van der Waals surface area contributed by atoms with Crippen molar-refractivity contribution in [2.24, 2.45) is 0 Å². The van der Waals surface area contributed by atoms with Crippen molar-refractivity contribution in [3.05, 3.63) is 59.9 Å². The summed E-state index contributed by atoms with van der Waals surface area (Å²) >= 11 is 0. The van der Waals surface area contributed by atoms with Gasteiger partial charge in [0.25, 0.3) is 0 Å². The molecule has 1 fully saturated rings. The predicted octanol–water partition coefficient (Wildman–Crippen LogP) is 3.70. The highest BCUT2D eigenvalue weighted by molar-refractivity contribution is 6.62. The maximum atomic E-state index is 14.0. The van der Waals surface area contributed by atoms with Crippen LogP contribution in [0.2, 0.25) is 0 Å². The Balaban J connectivity index is 1.77. The minimum absolute atomic E-state index is 0.370. The first kappa shape index (κ1) is 17.0. The predicted molar refractivity (Wildman–Crippen MR) is 92.9 cm³/mol. The van der Waals surface area contributed by atoms with Crippen LogP contribution in [0.25, 0.3) is 0 Å². The lowest BCUT2D eigenvalue weighted by Crippen LogP contribution is -2.41. The molecule has 0 unspecified atom stereocenters. The van der Waals surface area contributed by atoms with E-state index in [-0.39, 0.29) is 5.82 Å². The quantitative estimate of drug-likeness (QED) is 0.801. The lowest BCUT2D eigenvalue weighted by atomic mass is 9.79. The van der Waals surface area contributed by atoms with Crippen molar-refractivity contribution in [2.45, 2.75) is 45.5 Å². The summed E-state index contributed by atoms with van der Waals surface area (Å²) in [5.41, 5.74) is 0.722. The molecule has 0 aromatic heterocycles. The minimum Gasteiger partial charge on any atom is -0.489 e. The topological polar surface area (TPSA) is 27.7 Å². The lowest BCUT2D eigenvalue weighted by Gasteiger charge is -2.32. The third kappa shape index (κ3) is 3.47. The van der Waals surface area contributed by atoms with E-state index in [2.05, 4.69) is 0 Å². The van der Waals surface area contributed by atoms with Crippen molar-refractivity contribution in [3.8, 4) is 5.75 Å². The molecule has 0 atom stereocenters. The van der Waals surface area contributed by atoms with Gasteiger partial charge in [-0.25, -0.2) is 4.39 Å². The van der Waals surface area contributed by atoms with Gasteiger partial charge in [0, 0.05) is 6.07 Å². The third-order valence-corrected chi connectivity index (χ3v) is 4.67. The molecule has 1 heterocycles. The molecule has 24 heavy (non-hydrogen) atoms. The van der Waals surface area contributed by atoms with Gasteiger partial charge in [-0.15, -0.1) is 0 Å². The molecule has 0 saturated carbocycles. The van der Waals surface area contributed by atoms with E-state index in [0.29, 0.717) is 17.8 Å². The van der Waals surface area contributed by atoms with Crippen LogP contribution < -0.4 is 10.2 Å². The average molecular weight is 328 g/mol. The summed E-state index contributed by atoms with van der Waals surface area (Å²) in [6, 6.07) is 14.3. The van der Waals surface area contributed by atoms with Gasteiger partial charge < -0.3 is 14.0 Å². The van der Waals surface area contributed by atoms with Crippen LogP contribution in [-0.4, -0.2) is 18.3 Å². The lowest BCUT2D eigenvalue weighted by molar-refractivity contribution is 0.00578. The summed E-state index contributed by atoms with van der Waals surface area (Å²) in [6.07, 6.45) is 0. The highest BCUT2D eigenvalue weighted by Crippen LogP contribution is 2.36. The Labute approximate surface area is 142 Å². The second-order valence-corrected chi connectivity index (χ2v) is 7.08. The first-order valence-corrected chi connectivity index (χ1v) is 8.10. The molecule has 126 valence electrons. The van der Waals surface area contributed by atoms with Crippen molar-refractivity contribution in [3.63, 3.8) is 0 Å². The Kier molecular flexibility index (Phi) is 4.41. The molecular weight excluding hydrogens is 306 g/mol. The second kappa shape index (κ2) is 6.23. The fourth-order valence-corrected chi connectivity index (χ4v) is 2.52. The molecule has 5 heteroatoms. The number of ether oxygens (including phenoxy) is 1. The second-order valence-electron chi connectivity index (χ2n) is 7.08. The van der Waals surface area contributed by atoms with Crippen LogP contribution in [0, 0.1) is 5.82 Å². The number of hydrogen-bond acceptors (Lipinski definition) is 3. The van der Waals surface area contributed by atoms with E-state index in [1.165, 1.54) is 12.1 Å². The van der Waals surface area contributed by atoms with Gasteiger partial charge in [0.15, 0.2) is 0 Å². The van der Waals surface area contributed by atoms with E-state index >= 15 is 0 Å². The maximum Gasteiger partial charge on any atom is 0.495 e. The summed E-state index contributed by atoms with van der Waals surface area (Å²) in [6.45, 7) is 8.27. The summed E-state index contributed by atoms with van der Waals surface area (Å²) in [4.78, 5) is 0. The number of halogens is 1. The number of rotatable bonds is 4. The standard InChI is InChI=1S/C19H22BFO3/c1-18(2)19(3,4)24-20(23-18)15-10-16(21)12-17(11-15)22-13-14-8-6-5-7-9-14/h5-12H,13H2,1-4H3. The first-order chi connectivity index (χ1) is 11.3. The molecule has 0 aliphatic carbocycles.